The molecular formula is C7H8N2O2. The first-order chi connectivity index (χ1) is 5.25. The molecule has 0 radical (unpaired) electrons. The maximum absolute atomic E-state index is 10.9. The van der Waals surface area contributed by atoms with Crippen molar-refractivity contribution in [2.75, 3.05) is 19.6 Å². The predicted octanol–water partition coefficient (Wildman–Crippen LogP) is -1.42. The standard InChI is InChI=1S/C7H8N2O2/c1-2-4-9-5-3-8-6(10)7(9)11/h1H,3-5H2,(H,8,10). The SMILES string of the molecule is C#CCN1CCNC(=O)C1=O. The van der Waals surface area contributed by atoms with E-state index >= 15 is 0 Å². The van der Waals surface area contributed by atoms with Crippen molar-refractivity contribution in [3.8, 4) is 12.3 Å². The predicted molar refractivity (Wildman–Crippen MR) is 38.4 cm³/mol. The highest BCUT2D eigenvalue weighted by atomic mass is 16.2. The third-order valence-corrected chi connectivity index (χ3v) is 1.43. The number of nitrogens with zero attached hydrogens (tertiary/aromatic N) is 1. The van der Waals surface area contributed by atoms with Crippen molar-refractivity contribution in [3.05, 3.63) is 0 Å². The second kappa shape index (κ2) is 3.06. The molecule has 1 aliphatic rings. The average molecular weight is 152 g/mol. The number of amides is 2. The number of terminal acetylenes is 1. The van der Waals surface area contributed by atoms with E-state index in [4.69, 9.17) is 6.42 Å². The second-order valence-corrected chi connectivity index (χ2v) is 2.19. The maximum Gasteiger partial charge on any atom is 0.312 e. The van der Waals surface area contributed by atoms with Crippen molar-refractivity contribution in [2.45, 2.75) is 0 Å². The summed E-state index contributed by atoms with van der Waals surface area (Å²) in [5, 5.41) is 2.42. The van der Waals surface area contributed by atoms with Gasteiger partial charge in [0.25, 0.3) is 0 Å². The number of rotatable bonds is 1. The molecule has 4 nitrogen and oxygen atoms in total. The molecule has 0 unspecified atom stereocenters. The van der Waals surface area contributed by atoms with Gasteiger partial charge in [0.05, 0.1) is 6.54 Å². The number of carbonyl (C=O) groups is 2. The van der Waals surface area contributed by atoms with Crippen LogP contribution in [0, 0.1) is 12.3 Å². The van der Waals surface area contributed by atoms with Crippen LogP contribution in [0.2, 0.25) is 0 Å². The topological polar surface area (TPSA) is 49.4 Å². The van der Waals surface area contributed by atoms with Crippen LogP contribution >= 0.6 is 0 Å². The molecule has 1 heterocycles. The van der Waals surface area contributed by atoms with Crippen LogP contribution in [0.25, 0.3) is 0 Å². The third-order valence-electron chi connectivity index (χ3n) is 1.43. The van der Waals surface area contributed by atoms with Gasteiger partial charge in [0, 0.05) is 13.1 Å². The highest BCUT2D eigenvalue weighted by Gasteiger charge is 2.24. The quantitative estimate of drug-likeness (QED) is 0.370. The molecule has 1 rings (SSSR count). The third kappa shape index (κ3) is 1.49. The summed E-state index contributed by atoms with van der Waals surface area (Å²) in [6.45, 7) is 1.22. The van der Waals surface area contributed by atoms with Gasteiger partial charge in [0.2, 0.25) is 0 Å². The zero-order chi connectivity index (χ0) is 8.27. The molecule has 0 bridgehead atoms. The molecule has 1 fully saturated rings. The average Bonchev–Trinajstić information content (AvgIpc) is 1.99. The summed E-state index contributed by atoms with van der Waals surface area (Å²) in [5.74, 6) is 1.22. The lowest BCUT2D eigenvalue weighted by Crippen LogP contribution is -2.52. The Hall–Kier alpha value is -1.50. The van der Waals surface area contributed by atoms with Gasteiger partial charge in [-0.2, -0.15) is 0 Å². The van der Waals surface area contributed by atoms with Crippen LogP contribution in [0.4, 0.5) is 0 Å². The van der Waals surface area contributed by atoms with Gasteiger partial charge in [-0.3, -0.25) is 9.59 Å². The molecule has 0 aromatic heterocycles. The molecule has 11 heavy (non-hydrogen) atoms. The first-order valence-corrected chi connectivity index (χ1v) is 3.26. The Morgan fingerprint density at radius 1 is 1.64 bits per heavy atom. The highest BCUT2D eigenvalue weighted by Crippen LogP contribution is 1.93. The van der Waals surface area contributed by atoms with E-state index in [1.165, 1.54) is 4.90 Å². The van der Waals surface area contributed by atoms with E-state index in [1.54, 1.807) is 0 Å². The van der Waals surface area contributed by atoms with E-state index in [0.29, 0.717) is 13.1 Å². The van der Waals surface area contributed by atoms with Gasteiger partial charge >= 0.3 is 11.8 Å². The Bertz CT molecular complexity index is 229. The normalized spacial score (nSPS) is 17.5. The molecule has 0 spiro atoms. The molecule has 0 atom stereocenters. The maximum atomic E-state index is 10.9. The van der Waals surface area contributed by atoms with Gasteiger partial charge in [-0.05, 0) is 0 Å². The zero-order valence-corrected chi connectivity index (χ0v) is 5.96. The molecule has 1 N–H and O–H groups in total. The van der Waals surface area contributed by atoms with Gasteiger partial charge in [-0.25, -0.2) is 0 Å². The summed E-state index contributed by atoms with van der Waals surface area (Å²) in [6.07, 6.45) is 4.99. The van der Waals surface area contributed by atoms with Crippen LogP contribution in [0.3, 0.4) is 0 Å². The van der Waals surface area contributed by atoms with Gasteiger partial charge in [0.15, 0.2) is 0 Å². The molecule has 4 heteroatoms. The number of nitrogens with one attached hydrogen (secondary N) is 1. The fourth-order valence-corrected chi connectivity index (χ4v) is 0.886. The van der Waals surface area contributed by atoms with Crippen LogP contribution < -0.4 is 5.32 Å². The van der Waals surface area contributed by atoms with Crippen LogP contribution in [0.1, 0.15) is 0 Å². The minimum absolute atomic E-state index is 0.215. The summed E-state index contributed by atoms with van der Waals surface area (Å²) in [7, 11) is 0. The molecule has 0 aromatic carbocycles. The Balaban J connectivity index is 2.60. The van der Waals surface area contributed by atoms with E-state index < -0.39 is 11.8 Å². The van der Waals surface area contributed by atoms with Crippen molar-refractivity contribution in [2.24, 2.45) is 0 Å². The number of piperazine rings is 1. The van der Waals surface area contributed by atoms with Gasteiger partial charge in [-0.1, -0.05) is 5.92 Å². The molecule has 0 aromatic rings. The summed E-state index contributed by atoms with van der Waals surface area (Å²) < 4.78 is 0. The van der Waals surface area contributed by atoms with Crippen LogP contribution in [-0.4, -0.2) is 36.3 Å². The zero-order valence-electron chi connectivity index (χ0n) is 5.96. The molecule has 1 aliphatic heterocycles. The number of hydrogen-bond acceptors (Lipinski definition) is 2. The summed E-state index contributed by atoms with van der Waals surface area (Å²) in [4.78, 5) is 23.0. The van der Waals surface area contributed by atoms with Crippen molar-refractivity contribution < 1.29 is 9.59 Å². The molecular weight excluding hydrogens is 144 g/mol. The smallest absolute Gasteiger partial charge is 0.312 e. The molecule has 0 saturated carbocycles. The van der Waals surface area contributed by atoms with Gasteiger partial charge in [0.1, 0.15) is 0 Å². The molecule has 0 aliphatic carbocycles. The van der Waals surface area contributed by atoms with E-state index in [2.05, 4.69) is 11.2 Å². The lowest BCUT2D eigenvalue weighted by atomic mass is 10.3. The van der Waals surface area contributed by atoms with E-state index in [-0.39, 0.29) is 6.54 Å². The molecule has 1 saturated heterocycles. The fraction of sp³-hybridized carbons (Fsp3) is 0.429. The van der Waals surface area contributed by atoms with Crippen molar-refractivity contribution in [3.63, 3.8) is 0 Å². The lowest BCUT2D eigenvalue weighted by Gasteiger charge is -2.23. The highest BCUT2D eigenvalue weighted by molar-refractivity contribution is 6.35. The minimum atomic E-state index is -0.563. The monoisotopic (exact) mass is 152 g/mol. The lowest BCUT2D eigenvalue weighted by molar-refractivity contribution is -0.147. The van der Waals surface area contributed by atoms with Gasteiger partial charge in [-0.15, -0.1) is 6.42 Å². The summed E-state index contributed by atoms with van der Waals surface area (Å²) >= 11 is 0. The first kappa shape index (κ1) is 7.61. The van der Waals surface area contributed by atoms with Crippen molar-refractivity contribution >= 4 is 11.8 Å². The van der Waals surface area contributed by atoms with Crippen LogP contribution in [0.15, 0.2) is 0 Å². The first-order valence-electron chi connectivity index (χ1n) is 3.26. The largest absolute Gasteiger partial charge is 0.346 e. The Morgan fingerprint density at radius 3 is 3.00 bits per heavy atom. The summed E-state index contributed by atoms with van der Waals surface area (Å²) in [6, 6.07) is 0. The number of hydrogen-bond donors (Lipinski definition) is 1. The Kier molecular flexibility index (Phi) is 2.12. The fourth-order valence-electron chi connectivity index (χ4n) is 0.886. The van der Waals surface area contributed by atoms with Gasteiger partial charge < -0.3 is 10.2 Å². The minimum Gasteiger partial charge on any atom is -0.346 e. The van der Waals surface area contributed by atoms with E-state index in [0.717, 1.165) is 0 Å². The summed E-state index contributed by atoms with van der Waals surface area (Å²) in [5.41, 5.74) is 0. The van der Waals surface area contributed by atoms with Crippen LogP contribution in [0.5, 0.6) is 0 Å². The van der Waals surface area contributed by atoms with Crippen LogP contribution in [-0.2, 0) is 9.59 Å². The van der Waals surface area contributed by atoms with Crippen molar-refractivity contribution in [1.82, 2.24) is 10.2 Å². The molecule has 2 amide bonds. The van der Waals surface area contributed by atoms with E-state index in [1.807, 2.05) is 0 Å². The Labute approximate surface area is 64.6 Å². The number of carbonyl (C=O) groups excluding carboxylic acids is 2. The van der Waals surface area contributed by atoms with E-state index in [9.17, 15) is 9.59 Å². The van der Waals surface area contributed by atoms with Crippen molar-refractivity contribution in [1.29, 1.82) is 0 Å². The second-order valence-electron chi connectivity index (χ2n) is 2.19. The Morgan fingerprint density at radius 2 is 2.36 bits per heavy atom. The molecule has 58 valence electrons.